The summed E-state index contributed by atoms with van der Waals surface area (Å²) >= 11 is 0. The van der Waals surface area contributed by atoms with E-state index >= 15 is 0 Å². The fraction of sp³-hybridized carbons (Fsp3) is 0.538. The van der Waals surface area contributed by atoms with Gasteiger partial charge in [0.05, 0.1) is 0 Å². The molecule has 1 aromatic rings. The largest absolute Gasteiger partial charge is 0.505 e. The first-order chi connectivity index (χ1) is 7.70. The van der Waals surface area contributed by atoms with Crippen LogP contribution in [0.5, 0.6) is 5.75 Å². The Morgan fingerprint density at radius 3 is 3.00 bits per heavy atom. The molecule has 1 saturated heterocycles. The normalized spacial score (nSPS) is 21.5. The molecule has 0 amide bonds. The monoisotopic (exact) mass is 223 g/mol. The van der Waals surface area contributed by atoms with Gasteiger partial charge in [0.2, 0.25) is 0 Å². The van der Waals surface area contributed by atoms with E-state index < -0.39 is 5.82 Å². The molecule has 0 saturated carbocycles. The van der Waals surface area contributed by atoms with E-state index in [-0.39, 0.29) is 5.75 Å². The smallest absolute Gasteiger partial charge is 0.165 e. The zero-order chi connectivity index (χ0) is 11.5. The number of phenolic OH excluding ortho intramolecular Hbond substituents is 1. The summed E-state index contributed by atoms with van der Waals surface area (Å²) in [6.45, 7) is 4.97. The Labute approximate surface area is 95.7 Å². The van der Waals surface area contributed by atoms with Gasteiger partial charge in [0.15, 0.2) is 11.6 Å². The van der Waals surface area contributed by atoms with E-state index in [1.54, 1.807) is 12.1 Å². The summed E-state index contributed by atoms with van der Waals surface area (Å²) in [4.78, 5) is 2.28. The zero-order valence-corrected chi connectivity index (χ0v) is 9.62. The summed E-state index contributed by atoms with van der Waals surface area (Å²) in [5, 5.41) is 9.58. The van der Waals surface area contributed by atoms with Crippen LogP contribution in [0.15, 0.2) is 18.2 Å². The standard InChI is InChI=1S/C13H18FNO/c1-2-10-6-7-15(8-10)9-11-4-3-5-12(14)13(11)16/h3-5,10,16H,2,6-9H2,1H3. The van der Waals surface area contributed by atoms with Gasteiger partial charge in [-0.15, -0.1) is 0 Å². The lowest BCUT2D eigenvalue weighted by Crippen LogP contribution is -2.20. The molecule has 0 radical (unpaired) electrons. The second kappa shape index (κ2) is 4.83. The van der Waals surface area contributed by atoms with Crippen LogP contribution in [-0.2, 0) is 6.54 Å². The van der Waals surface area contributed by atoms with Gasteiger partial charge in [-0.05, 0) is 24.9 Å². The lowest BCUT2D eigenvalue weighted by Gasteiger charge is -2.16. The van der Waals surface area contributed by atoms with E-state index in [1.165, 1.54) is 18.9 Å². The van der Waals surface area contributed by atoms with Crippen LogP contribution in [0.4, 0.5) is 4.39 Å². The number of hydrogen-bond donors (Lipinski definition) is 1. The van der Waals surface area contributed by atoms with E-state index in [9.17, 15) is 9.50 Å². The predicted molar refractivity (Wildman–Crippen MR) is 61.7 cm³/mol. The van der Waals surface area contributed by atoms with Crippen molar-refractivity contribution in [3.05, 3.63) is 29.6 Å². The molecule has 1 fully saturated rings. The third-order valence-corrected chi connectivity index (χ3v) is 3.41. The molecule has 3 heteroatoms. The quantitative estimate of drug-likeness (QED) is 0.851. The van der Waals surface area contributed by atoms with Crippen molar-refractivity contribution in [3.8, 4) is 5.75 Å². The molecule has 16 heavy (non-hydrogen) atoms. The first-order valence-electron chi connectivity index (χ1n) is 5.89. The molecule has 2 rings (SSSR count). The molecular formula is C13H18FNO. The average Bonchev–Trinajstić information content (AvgIpc) is 2.73. The Hall–Kier alpha value is -1.09. The number of aromatic hydroxyl groups is 1. The van der Waals surface area contributed by atoms with Gasteiger partial charge in [-0.1, -0.05) is 25.5 Å². The maximum Gasteiger partial charge on any atom is 0.165 e. The van der Waals surface area contributed by atoms with E-state index in [0.29, 0.717) is 12.1 Å². The summed E-state index contributed by atoms with van der Waals surface area (Å²) in [7, 11) is 0. The fourth-order valence-electron chi connectivity index (χ4n) is 2.32. The SMILES string of the molecule is CCC1CCN(Cc2cccc(F)c2O)C1. The van der Waals surface area contributed by atoms with Gasteiger partial charge in [0.1, 0.15) is 0 Å². The number of halogens is 1. The number of hydrogen-bond acceptors (Lipinski definition) is 2. The average molecular weight is 223 g/mol. The Balaban J connectivity index is 2.02. The number of likely N-dealkylation sites (tertiary alicyclic amines) is 1. The maximum atomic E-state index is 13.1. The topological polar surface area (TPSA) is 23.5 Å². The summed E-state index contributed by atoms with van der Waals surface area (Å²) in [6.07, 6.45) is 2.41. The first-order valence-corrected chi connectivity index (χ1v) is 5.89. The van der Waals surface area contributed by atoms with Gasteiger partial charge in [-0.25, -0.2) is 4.39 Å². The predicted octanol–water partition coefficient (Wildman–Crippen LogP) is 2.76. The van der Waals surface area contributed by atoms with Gasteiger partial charge < -0.3 is 5.11 Å². The van der Waals surface area contributed by atoms with Crippen LogP contribution in [0.25, 0.3) is 0 Å². The van der Waals surface area contributed by atoms with Gasteiger partial charge in [0, 0.05) is 18.7 Å². The highest BCUT2D eigenvalue weighted by Gasteiger charge is 2.21. The van der Waals surface area contributed by atoms with Crippen LogP contribution in [0.3, 0.4) is 0 Å². The number of benzene rings is 1. The molecule has 1 heterocycles. The Morgan fingerprint density at radius 2 is 2.31 bits per heavy atom. The Kier molecular flexibility index (Phi) is 3.44. The summed E-state index contributed by atoms with van der Waals surface area (Å²) < 4.78 is 13.1. The van der Waals surface area contributed by atoms with Crippen molar-refractivity contribution >= 4 is 0 Å². The minimum Gasteiger partial charge on any atom is -0.505 e. The van der Waals surface area contributed by atoms with Gasteiger partial charge in [0.25, 0.3) is 0 Å². The molecule has 0 aliphatic carbocycles. The third kappa shape index (κ3) is 2.35. The van der Waals surface area contributed by atoms with Gasteiger partial charge in [-0.3, -0.25) is 4.90 Å². The molecule has 2 nitrogen and oxygen atoms in total. The van der Waals surface area contributed by atoms with E-state index in [1.807, 2.05) is 0 Å². The van der Waals surface area contributed by atoms with E-state index in [0.717, 1.165) is 19.0 Å². The first kappa shape index (κ1) is 11.4. The molecule has 0 bridgehead atoms. The van der Waals surface area contributed by atoms with Gasteiger partial charge >= 0.3 is 0 Å². The summed E-state index contributed by atoms with van der Waals surface area (Å²) in [5.41, 5.74) is 0.691. The minimum absolute atomic E-state index is 0.192. The summed E-state index contributed by atoms with van der Waals surface area (Å²) in [6, 6.07) is 4.73. The molecule has 1 N–H and O–H groups in total. The highest BCUT2D eigenvalue weighted by Crippen LogP contribution is 2.26. The highest BCUT2D eigenvalue weighted by molar-refractivity contribution is 5.33. The number of para-hydroxylation sites is 1. The molecular weight excluding hydrogens is 205 g/mol. The van der Waals surface area contributed by atoms with Crippen LogP contribution in [0.2, 0.25) is 0 Å². The molecule has 1 aliphatic heterocycles. The lowest BCUT2D eigenvalue weighted by molar-refractivity contribution is 0.306. The van der Waals surface area contributed by atoms with Crippen molar-refractivity contribution in [1.29, 1.82) is 0 Å². The molecule has 1 unspecified atom stereocenters. The number of rotatable bonds is 3. The minimum atomic E-state index is -0.524. The summed E-state index contributed by atoms with van der Waals surface area (Å²) in [5.74, 6) is 0.0434. The molecule has 0 spiro atoms. The van der Waals surface area contributed by atoms with E-state index in [4.69, 9.17) is 0 Å². The Bertz CT molecular complexity index is 367. The second-order valence-corrected chi connectivity index (χ2v) is 4.55. The van der Waals surface area contributed by atoms with Crippen LogP contribution in [0.1, 0.15) is 25.3 Å². The molecule has 88 valence electrons. The second-order valence-electron chi connectivity index (χ2n) is 4.55. The van der Waals surface area contributed by atoms with Crippen molar-refractivity contribution in [2.45, 2.75) is 26.3 Å². The number of phenols is 1. The zero-order valence-electron chi connectivity index (χ0n) is 9.62. The third-order valence-electron chi connectivity index (χ3n) is 3.41. The number of nitrogens with zero attached hydrogens (tertiary/aromatic N) is 1. The maximum absolute atomic E-state index is 13.1. The van der Waals surface area contributed by atoms with Crippen LogP contribution in [0, 0.1) is 11.7 Å². The molecule has 1 atom stereocenters. The Morgan fingerprint density at radius 1 is 1.50 bits per heavy atom. The van der Waals surface area contributed by atoms with Crippen molar-refractivity contribution in [1.82, 2.24) is 4.90 Å². The molecule has 0 aromatic heterocycles. The van der Waals surface area contributed by atoms with Crippen LogP contribution in [-0.4, -0.2) is 23.1 Å². The fourth-order valence-corrected chi connectivity index (χ4v) is 2.32. The molecule has 1 aromatic carbocycles. The highest BCUT2D eigenvalue weighted by atomic mass is 19.1. The molecule has 1 aliphatic rings. The van der Waals surface area contributed by atoms with Crippen molar-refractivity contribution in [2.75, 3.05) is 13.1 Å². The van der Waals surface area contributed by atoms with Crippen molar-refractivity contribution in [3.63, 3.8) is 0 Å². The lowest BCUT2D eigenvalue weighted by atomic mass is 10.1. The van der Waals surface area contributed by atoms with Crippen LogP contribution < -0.4 is 0 Å². The van der Waals surface area contributed by atoms with Crippen molar-refractivity contribution in [2.24, 2.45) is 5.92 Å². The van der Waals surface area contributed by atoms with Gasteiger partial charge in [-0.2, -0.15) is 0 Å². The van der Waals surface area contributed by atoms with Crippen LogP contribution >= 0.6 is 0 Å². The van der Waals surface area contributed by atoms with Crippen molar-refractivity contribution < 1.29 is 9.50 Å². The van der Waals surface area contributed by atoms with E-state index in [2.05, 4.69) is 11.8 Å².